The minimum absolute atomic E-state index is 0.698. The zero-order valence-corrected chi connectivity index (χ0v) is 14.4. The van der Waals surface area contributed by atoms with Gasteiger partial charge >= 0.3 is 0 Å². The van der Waals surface area contributed by atoms with Gasteiger partial charge in [0.05, 0.1) is 6.54 Å². The standard InChI is InChI=1S/C17H15Cl2N5/c18-13-4-3-5-14(19)12(13)10-23-8-9-24-16(11-23)21-22-17(24)15-6-1-2-7-20-15/h1-7H,8-11H2. The van der Waals surface area contributed by atoms with Gasteiger partial charge in [-0.15, -0.1) is 10.2 Å². The first kappa shape index (κ1) is 15.6. The highest BCUT2D eigenvalue weighted by Crippen LogP contribution is 2.27. The Bertz CT molecular complexity index is 842. The molecular weight excluding hydrogens is 345 g/mol. The molecule has 0 aliphatic carbocycles. The lowest BCUT2D eigenvalue weighted by atomic mass is 10.2. The van der Waals surface area contributed by atoms with Gasteiger partial charge in [-0.05, 0) is 24.3 Å². The molecular formula is C17H15Cl2N5. The van der Waals surface area contributed by atoms with Gasteiger partial charge < -0.3 is 4.57 Å². The third kappa shape index (κ3) is 2.90. The molecule has 5 nitrogen and oxygen atoms in total. The lowest BCUT2D eigenvalue weighted by molar-refractivity contribution is 0.209. The van der Waals surface area contributed by atoms with Crippen LogP contribution in [0.3, 0.4) is 0 Å². The Hall–Kier alpha value is -1.95. The van der Waals surface area contributed by atoms with Crippen LogP contribution >= 0.6 is 23.2 Å². The maximum atomic E-state index is 6.28. The Kier molecular flexibility index (Phi) is 4.22. The Morgan fingerprint density at radius 3 is 2.54 bits per heavy atom. The molecule has 0 saturated carbocycles. The van der Waals surface area contributed by atoms with E-state index >= 15 is 0 Å². The van der Waals surface area contributed by atoms with Gasteiger partial charge in [0.25, 0.3) is 0 Å². The number of benzene rings is 1. The third-order valence-electron chi connectivity index (χ3n) is 4.17. The quantitative estimate of drug-likeness (QED) is 0.715. The molecule has 122 valence electrons. The van der Waals surface area contributed by atoms with Crippen LogP contribution in [0.15, 0.2) is 42.6 Å². The lowest BCUT2D eigenvalue weighted by Gasteiger charge is -2.28. The van der Waals surface area contributed by atoms with Crippen molar-refractivity contribution in [3.05, 3.63) is 64.0 Å². The fourth-order valence-corrected chi connectivity index (χ4v) is 3.45. The van der Waals surface area contributed by atoms with E-state index in [1.54, 1.807) is 6.20 Å². The molecule has 0 radical (unpaired) electrons. The van der Waals surface area contributed by atoms with E-state index in [-0.39, 0.29) is 0 Å². The van der Waals surface area contributed by atoms with E-state index < -0.39 is 0 Å². The van der Waals surface area contributed by atoms with Gasteiger partial charge in [-0.1, -0.05) is 35.3 Å². The SMILES string of the molecule is Clc1cccc(Cl)c1CN1CCn2c(nnc2-c2ccccn2)C1. The van der Waals surface area contributed by atoms with Gasteiger partial charge in [-0.25, -0.2) is 0 Å². The summed E-state index contributed by atoms with van der Waals surface area (Å²) in [6.45, 7) is 3.11. The molecule has 1 aliphatic rings. The molecule has 1 aliphatic heterocycles. The molecule has 24 heavy (non-hydrogen) atoms. The van der Waals surface area contributed by atoms with Gasteiger partial charge in [0.1, 0.15) is 11.5 Å². The largest absolute Gasteiger partial charge is 0.307 e. The van der Waals surface area contributed by atoms with Crippen LogP contribution in [-0.2, 0) is 19.6 Å². The number of nitrogens with zero attached hydrogens (tertiary/aromatic N) is 5. The highest BCUT2D eigenvalue weighted by Gasteiger charge is 2.23. The summed E-state index contributed by atoms with van der Waals surface area (Å²) in [5.74, 6) is 1.76. The number of pyridine rings is 1. The monoisotopic (exact) mass is 359 g/mol. The van der Waals surface area contributed by atoms with Crippen molar-refractivity contribution in [1.82, 2.24) is 24.6 Å². The summed E-state index contributed by atoms with van der Waals surface area (Å²) in [5.41, 5.74) is 1.80. The van der Waals surface area contributed by atoms with Crippen LogP contribution < -0.4 is 0 Å². The van der Waals surface area contributed by atoms with E-state index in [1.807, 2.05) is 36.4 Å². The normalized spacial score (nSPS) is 14.6. The molecule has 3 aromatic rings. The van der Waals surface area contributed by atoms with Gasteiger partial charge in [0, 0.05) is 41.4 Å². The van der Waals surface area contributed by atoms with Gasteiger partial charge in [-0.3, -0.25) is 9.88 Å². The van der Waals surface area contributed by atoms with Gasteiger partial charge in [-0.2, -0.15) is 0 Å². The molecule has 4 rings (SSSR count). The second-order valence-electron chi connectivity index (χ2n) is 5.72. The van der Waals surface area contributed by atoms with E-state index in [4.69, 9.17) is 23.2 Å². The molecule has 0 fully saturated rings. The van der Waals surface area contributed by atoms with E-state index in [9.17, 15) is 0 Å². The average molecular weight is 360 g/mol. The first-order chi connectivity index (χ1) is 11.7. The Morgan fingerprint density at radius 1 is 0.958 bits per heavy atom. The van der Waals surface area contributed by atoms with Crippen molar-refractivity contribution in [2.24, 2.45) is 0 Å². The summed E-state index contributed by atoms with van der Waals surface area (Å²) in [4.78, 5) is 6.64. The summed E-state index contributed by atoms with van der Waals surface area (Å²) >= 11 is 12.6. The zero-order chi connectivity index (χ0) is 16.5. The minimum Gasteiger partial charge on any atom is -0.307 e. The Labute approximate surface area is 149 Å². The second-order valence-corrected chi connectivity index (χ2v) is 6.53. The van der Waals surface area contributed by atoms with Crippen LogP contribution in [0.1, 0.15) is 11.4 Å². The van der Waals surface area contributed by atoms with Crippen molar-refractivity contribution in [3.63, 3.8) is 0 Å². The van der Waals surface area contributed by atoms with Crippen molar-refractivity contribution in [2.45, 2.75) is 19.6 Å². The number of aromatic nitrogens is 4. The first-order valence-electron chi connectivity index (χ1n) is 7.71. The highest BCUT2D eigenvalue weighted by molar-refractivity contribution is 6.35. The minimum atomic E-state index is 0.698. The predicted molar refractivity (Wildman–Crippen MR) is 93.8 cm³/mol. The number of halogens is 2. The molecule has 0 N–H and O–H groups in total. The van der Waals surface area contributed by atoms with Crippen LogP contribution in [0.4, 0.5) is 0 Å². The van der Waals surface area contributed by atoms with E-state index in [1.165, 1.54) is 0 Å². The number of rotatable bonds is 3. The Morgan fingerprint density at radius 2 is 1.79 bits per heavy atom. The number of fused-ring (bicyclic) bond motifs is 1. The molecule has 0 amide bonds. The van der Waals surface area contributed by atoms with Crippen LogP contribution in [0, 0.1) is 0 Å². The first-order valence-corrected chi connectivity index (χ1v) is 8.46. The molecule has 0 saturated heterocycles. The highest BCUT2D eigenvalue weighted by atomic mass is 35.5. The lowest BCUT2D eigenvalue weighted by Crippen LogP contribution is -2.33. The smallest absolute Gasteiger partial charge is 0.182 e. The summed E-state index contributed by atoms with van der Waals surface area (Å²) in [6.07, 6.45) is 1.77. The maximum absolute atomic E-state index is 6.28. The molecule has 0 bridgehead atoms. The fourth-order valence-electron chi connectivity index (χ4n) is 2.93. The zero-order valence-electron chi connectivity index (χ0n) is 12.9. The summed E-state index contributed by atoms with van der Waals surface area (Å²) in [7, 11) is 0. The van der Waals surface area contributed by atoms with Gasteiger partial charge in [0.15, 0.2) is 5.82 Å². The summed E-state index contributed by atoms with van der Waals surface area (Å²) in [5, 5.41) is 10.0. The van der Waals surface area contributed by atoms with Crippen molar-refractivity contribution >= 4 is 23.2 Å². The summed E-state index contributed by atoms with van der Waals surface area (Å²) < 4.78 is 2.13. The van der Waals surface area contributed by atoms with Crippen molar-refractivity contribution in [3.8, 4) is 11.5 Å². The molecule has 2 aromatic heterocycles. The average Bonchev–Trinajstić information content (AvgIpc) is 3.02. The molecule has 0 unspecified atom stereocenters. The molecule has 7 heteroatoms. The Balaban J connectivity index is 1.56. The second kappa shape index (κ2) is 6.51. The molecule has 1 aromatic carbocycles. The van der Waals surface area contributed by atoms with Crippen molar-refractivity contribution < 1.29 is 0 Å². The molecule has 3 heterocycles. The van der Waals surface area contributed by atoms with Crippen LogP contribution in [0.25, 0.3) is 11.5 Å². The molecule has 0 spiro atoms. The number of hydrogen-bond donors (Lipinski definition) is 0. The van der Waals surface area contributed by atoms with Crippen LogP contribution in [-0.4, -0.2) is 31.2 Å². The number of hydrogen-bond acceptors (Lipinski definition) is 4. The van der Waals surface area contributed by atoms with Crippen molar-refractivity contribution in [2.75, 3.05) is 6.54 Å². The van der Waals surface area contributed by atoms with E-state index in [2.05, 4.69) is 24.6 Å². The summed E-state index contributed by atoms with van der Waals surface area (Å²) in [6, 6.07) is 11.4. The van der Waals surface area contributed by atoms with E-state index in [0.29, 0.717) is 23.1 Å². The van der Waals surface area contributed by atoms with Crippen LogP contribution in [0.2, 0.25) is 10.0 Å². The van der Waals surface area contributed by atoms with E-state index in [0.717, 1.165) is 36.0 Å². The fraction of sp³-hybridized carbons (Fsp3) is 0.235. The molecule has 0 atom stereocenters. The predicted octanol–water partition coefficient (Wildman–Crippen LogP) is 3.66. The topological polar surface area (TPSA) is 46.8 Å². The van der Waals surface area contributed by atoms with Gasteiger partial charge in [0.2, 0.25) is 0 Å². The maximum Gasteiger partial charge on any atom is 0.182 e. The van der Waals surface area contributed by atoms with Crippen LogP contribution in [0.5, 0.6) is 0 Å². The third-order valence-corrected chi connectivity index (χ3v) is 4.88. The van der Waals surface area contributed by atoms with Crippen molar-refractivity contribution in [1.29, 1.82) is 0 Å².